The first kappa shape index (κ1) is 29.8. The maximum absolute atomic E-state index is 14.5. The van der Waals surface area contributed by atoms with Crippen LogP contribution in [0.25, 0.3) is 3.62 Å². The molecule has 0 spiro atoms. The van der Waals surface area contributed by atoms with E-state index < -0.39 is 66.4 Å². The third-order valence-corrected chi connectivity index (χ3v) is 7.63. The van der Waals surface area contributed by atoms with Crippen LogP contribution >= 0.6 is 0 Å². The number of hydrogen-bond donors (Lipinski definition) is 0. The van der Waals surface area contributed by atoms with Crippen LogP contribution in [0.4, 0.5) is 57.1 Å². The van der Waals surface area contributed by atoms with Crippen LogP contribution in [-0.4, -0.2) is 56.7 Å². The summed E-state index contributed by atoms with van der Waals surface area (Å²) in [6.45, 7) is 0. The Hall–Kier alpha value is -2.45. The number of allylic oxidation sites excluding steroid dienone is 1. The summed E-state index contributed by atoms with van der Waals surface area (Å²) >= 11 is -2.18. The monoisotopic (exact) mass is 653 g/mol. The summed E-state index contributed by atoms with van der Waals surface area (Å²) in [6.07, 6.45) is -8.31. The zero-order valence-electron chi connectivity index (χ0n) is 17.0. The topological polar surface area (TPSA) is 23.8 Å². The van der Waals surface area contributed by atoms with E-state index in [0.717, 1.165) is 24.3 Å². The van der Waals surface area contributed by atoms with Gasteiger partial charge >= 0.3 is 204 Å². The predicted molar refractivity (Wildman–Crippen MR) is 102 cm³/mol. The molecule has 0 bridgehead atoms. The van der Waals surface area contributed by atoms with E-state index in [0.29, 0.717) is 0 Å². The van der Waals surface area contributed by atoms with Crippen LogP contribution in [0.3, 0.4) is 0 Å². The minimum atomic E-state index is -7.95. The van der Waals surface area contributed by atoms with E-state index in [1.165, 1.54) is 30.3 Å². The van der Waals surface area contributed by atoms with Gasteiger partial charge < -0.3 is 0 Å². The van der Waals surface area contributed by atoms with Crippen LogP contribution in [-0.2, 0) is 0 Å². The van der Waals surface area contributed by atoms with Crippen LogP contribution in [0.1, 0.15) is 11.1 Å². The van der Waals surface area contributed by atoms with E-state index in [-0.39, 0.29) is 14.7 Å². The van der Waals surface area contributed by atoms with Gasteiger partial charge in [0.15, 0.2) is 0 Å². The SMILES string of the molecule is N#Cc1ccc(/C(=C\C(F)(F)C(F)(F)C(F)(F)C(F)(F)C(F)(F)C(F)(F)F)[Te]c2ccccc2)cc1. The van der Waals surface area contributed by atoms with E-state index in [9.17, 15) is 57.1 Å². The number of nitrogens with zero attached hydrogens (tertiary/aromatic N) is 1. The molecule has 0 radical (unpaired) electrons. The maximum atomic E-state index is 14.5. The van der Waals surface area contributed by atoms with Crippen molar-refractivity contribution in [1.29, 1.82) is 5.26 Å². The molecule has 2 rings (SSSR count). The van der Waals surface area contributed by atoms with E-state index in [4.69, 9.17) is 5.26 Å². The molecule has 36 heavy (non-hydrogen) atoms. The van der Waals surface area contributed by atoms with Crippen molar-refractivity contribution >= 4 is 28.2 Å². The fourth-order valence-corrected chi connectivity index (χ4v) is 5.41. The Balaban J connectivity index is 2.66. The predicted octanol–water partition coefficient (Wildman–Crippen LogP) is 6.67. The van der Waals surface area contributed by atoms with E-state index in [1.807, 2.05) is 0 Å². The summed E-state index contributed by atoms with van der Waals surface area (Å²) in [6, 6.07) is 12.6. The van der Waals surface area contributed by atoms with Crippen molar-refractivity contribution in [3.05, 3.63) is 71.8 Å². The Bertz CT molecular complexity index is 1130. The van der Waals surface area contributed by atoms with Gasteiger partial charge in [0.05, 0.1) is 0 Å². The van der Waals surface area contributed by atoms with Gasteiger partial charge in [-0.15, -0.1) is 0 Å². The zero-order valence-corrected chi connectivity index (χ0v) is 19.4. The molecule has 0 aliphatic heterocycles. The molecule has 2 aromatic rings. The van der Waals surface area contributed by atoms with Gasteiger partial charge in [-0.2, -0.15) is 0 Å². The van der Waals surface area contributed by atoms with Crippen LogP contribution in [0.15, 0.2) is 60.7 Å². The quantitative estimate of drug-likeness (QED) is 0.232. The van der Waals surface area contributed by atoms with Crippen molar-refractivity contribution < 1.29 is 57.1 Å². The van der Waals surface area contributed by atoms with Gasteiger partial charge in [0, 0.05) is 0 Å². The Morgan fingerprint density at radius 1 is 0.639 bits per heavy atom. The molecule has 0 atom stereocenters. The fraction of sp³-hybridized carbons (Fsp3) is 0.286. The van der Waals surface area contributed by atoms with Crippen LogP contribution in [0.2, 0.25) is 0 Å². The van der Waals surface area contributed by atoms with Gasteiger partial charge in [-0.3, -0.25) is 0 Å². The molecule has 0 aliphatic carbocycles. The molecule has 0 saturated heterocycles. The van der Waals surface area contributed by atoms with Crippen molar-refractivity contribution in [3.8, 4) is 6.07 Å². The van der Waals surface area contributed by atoms with Crippen LogP contribution in [0.5, 0.6) is 0 Å². The normalized spacial score (nSPS) is 14.5. The molecule has 2 aromatic carbocycles. The Morgan fingerprint density at radius 2 is 1.11 bits per heavy atom. The second-order valence-electron chi connectivity index (χ2n) is 7.03. The Labute approximate surface area is 204 Å². The summed E-state index contributed by atoms with van der Waals surface area (Å²) < 4.78 is 174. The van der Waals surface area contributed by atoms with Gasteiger partial charge in [0.1, 0.15) is 0 Å². The standard InChI is InChI=1S/C21H10F13NTe/c22-16(23,17(24,25)18(26,27)19(28,29)20(30,31)21(32,33)34)10-15(36-14-4-2-1-3-5-14)13-8-6-12(11-35)7-9-13/h1-10H/b15-10+. The van der Waals surface area contributed by atoms with Crippen LogP contribution < -0.4 is 3.61 Å². The van der Waals surface area contributed by atoms with Crippen molar-refractivity contribution in [3.63, 3.8) is 0 Å². The van der Waals surface area contributed by atoms with E-state index >= 15 is 0 Å². The molecule has 196 valence electrons. The van der Waals surface area contributed by atoms with Crippen molar-refractivity contribution in [1.82, 2.24) is 0 Å². The van der Waals surface area contributed by atoms with Gasteiger partial charge in [-0.05, 0) is 0 Å². The summed E-state index contributed by atoms with van der Waals surface area (Å²) in [5, 5.41) is 8.81. The molecule has 0 amide bonds. The number of halogens is 13. The molecule has 1 nitrogen and oxygen atoms in total. The Kier molecular flexibility index (Phi) is 8.09. The van der Waals surface area contributed by atoms with E-state index in [1.54, 1.807) is 6.07 Å². The Morgan fingerprint density at radius 3 is 1.56 bits per heavy atom. The molecule has 0 N–H and O–H groups in total. The average Bonchev–Trinajstić information content (AvgIpc) is 2.78. The van der Waals surface area contributed by atoms with Gasteiger partial charge in [0.2, 0.25) is 0 Å². The van der Waals surface area contributed by atoms with Crippen molar-refractivity contribution in [2.75, 3.05) is 0 Å². The molecule has 0 unspecified atom stereocenters. The first-order chi connectivity index (χ1) is 16.2. The molecule has 0 aliphatic rings. The molecule has 15 heteroatoms. The van der Waals surface area contributed by atoms with E-state index in [2.05, 4.69) is 0 Å². The molecular formula is C21H10F13NTe. The molecular weight excluding hydrogens is 641 g/mol. The summed E-state index contributed by atoms with van der Waals surface area (Å²) in [5.74, 6) is -37.3. The van der Waals surface area contributed by atoms with Gasteiger partial charge in [-0.1, -0.05) is 0 Å². The molecule has 0 fully saturated rings. The third-order valence-electron chi connectivity index (χ3n) is 4.54. The van der Waals surface area contributed by atoms with Gasteiger partial charge in [-0.25, -0.2) is 0 Å². The molecule has 0 heterocycles. The first-order valence-corrected chi connectivity index (χ1v) is 11.5. The average molecular weight is 651 g/mol. The number of rotatable bonds is 8. The molecule has 0 aromatic heterocycles. The van der Waals surface area contributed by atoms with Crippen LogP contribution in [0, 0.1) is 11.3 Å². The van der Waals surface area contributed by atoms with Crippen molar-refractivity contribution in [2.45, 2.75) is 35.8 Å². The molecule has 0 saturated carbocycles. The minimum absolute atomic E-state index is 0.0314. The summed E-state index contributed by atoms with van der Waals surface area (Å²) in [7, 11) is 0. The number of benzene rings is 2. The first-order valence-electron chi connectivity index (χ1n) is 9.15. The second-order valence-corrected chi connectivity index (χ2v) is 10.2. The number of nitriles is 1. The zero-order chi connectivity index (χ0) is 27.8. The third kappa shape index (κ3) is 5.16. The number of alkyl halides is 13. The second kappa shape index (κ2) is 9.78. The summed E-state index contributed by atoms with van der Waals surface area (Å²) in [5.41, 5.74) is -0.359. The van der Waals surface area contributed by atoms with Crippen molar-refractivity contribution in [2.24, 2.45) is 0 Å². The van der Waals surface area contributed by atoms with Gasteiger partial charge in [0.25, 0.3) is 0 Å². The fourth-order valence-electron chi connectivity index (χ4n) is 2.53. The number of hydrogen-bond acceptors (Lipinski definition) is 1. The summed E-state index contributed by atoms with van der Waals surface area (Å²) in [4.78, 5) is 0.